The van der Waals surface area contributed by atoms with Crippen molar-refractivity contribution in [1.29, 1.82) is 0 Å². The lowest BCUT2D eigenvalue weighted by molar-refractivity contribution is 0.0478. The molecule has 1 aliphatic heterocycles. The molecule has 1 atom stereocenters. The molecule has 1 aromatic carbocycles. The number of halogens is 1. The van der Waals surface area contributed by atoms with E-state index in [2.05, 4.69) is 4.99 Å². The van der Waals surface area contributed by atoms with Crippen LogP contribution in [0.15, 0.2) is 23.2 Å². The number of nitrogens with zero attached hydrogens (tertiary/aromatic N) is 2. The zero-order chi connectivity index (χ0) is 20.3. The van der Waals surface area contributed by atoms with Crippen molar-refractivity contribution in [2.75, 3.05) is 20.3 Å². The summed E-state index contributed by atoms with van der Waals surface area (Å²) in [5, 5.41) is 0.429. The number of aromatic nitrogens is 1. The van der Waals surface area contributed by atoms with Crippen LogP contribution >= 0.6 is 22.9 Å². The maximum Gasteiger partial charge on any atom is 0.283 e. The standard InChI is InChI=1S/C20H23ClN2O4S/c1-12-18(13(2)24)28-20(23(12)10-14-5-4-8-27-11-14)22-19(25)16-9-15(21)6-7-17(16)26-3/h6-7,9,14H,4-5,8,10-11H2,1-3H3. The van der Waals surface area contributed by atoms with Gasteiger partial charge in [-0.1, -0.05) is 22.9 Å². The maximum absolute atomic E-state index is 12.9. The quantitative estimate of drug-likeness (QED) is 0.685. The molecule has 0 N–H and O–H groups in total. The van der Waals surface area contributed by atoms with Gasteiger partial charge in [0.25, 0.3) is 5.91 Å². The molecule has 1 saturated heterocycles. The molecule has 2 heterocycles. The van der Waals surface area contributed by atoms with E-state index in [1.54, 1.807) is 12.1 Å². The Morgan fingerprint density at radius 2 is 2.21 bits per heavy atom. The number of ketones is 1. The molecule has 28 heavy (non-hydrogen) atoms. The van der Waals surface area contributed by atoms with Crippen molar-refractivity contribution in [3.05, 3.63) is 44.2 Å². The van der Waals surface area contributed by atoms with Crippen LogP contribution in [0.5, 0.6) is 5.75 Å². The second-order valence-corrected chi connectivity index (χ2v) is 8.22. The van der Waals surface area contributed by atoms with Gasteiger partial charge >= 0.3 is 0 Å². The first-order chi connectivity index (χ1) is 13.4. The van der Waals surface area contributed by atoms with Gasteiger partial charge in [0.15, 0.2) is 10.6 Å². The minimum atomic E-state index is -0.454. The topological polar surface area (TPSA) is 69.9 Å². The zero-order valence-corrected chi connectivity index (χ0v) is 17.7. The zero-order valence-electron chi connectivity index (χ0n) is 16.2. The van der Waals surface area contributed by atoms with E-state index >= 15 is 0 Å². The van der Waals surface area contributed by atoms with E-state index in [-0.39, 0.29) is 11.3 Å². The third-order valence-electron chi connectivity index (χ3n) is 4.76. The van der Waals surface area contributed by atoms with Gasteiger partial charge in [-0.15, -0.1) is 0 Å². The first-order valence-electron chi connectivity index (χ1n) is 9.12. The van der Waals surface area contributed by atoms with Crippen LogP contribution in [0.2, 0.25) is 5.02 Å². The van der Waals surface area contributed by atoms with Gasteiger partial charge in [0.1, 0.15) is 5.75 Å². The van der Waals surface area contributed by atoms with Crippen molar-refractivity contribution in [1.82, 2.24) is 4.57 Å². The highest BCUT2D eigenvalue weighted by Gasteiger charge is 2.21. The highest BCUT2D eigenvalue weighted by Crippen LogP contribution is 2.24. The Kier molecular flexibility index (Phi) is 6.69. The summed E-state index contributed by atoms with van der Waals surface area (Å²) in [4.78, 5) is 30.3. The monoisotopic (exact) mass is 422 g/mol. The molecule has 1 aliphatic rings. The summed E-state index contributed by atoms with van der Waals surface area (Å²) < 4.78 is 12.8. The first kappa shape index (κ1) is 20.8. The summed E-state index contributed by atoms with van der Waals surface area (Å²) in [5.74, 6) is 0.247. The predicted octanol–water partition coefficient (Wildman–Crippen LogP) is 3.89. The Hall–Kier alpha value is -1.96. The molecule has 0 aliphatic carbocycles. The normalized spacial score (nSPS) is 17.6. The number of benzene rings is 1. The molecule has 2 aromatic rings. The maximum atomic E-state index is 12.9. The smallest absolute Gasteiger partial charge is 0.283 e. The van der Waals surface area contributed by atoms with E-state index in [9.17, 15) is 9.59 Å². The number of hydrogen-bond acceptors (Lipinski definition) is 5. The van der Waals surface area contributed by atoms with Crippen LogP contribution in [0, 0.1) is 12.8 Å². The highest BCUT2D eigenvalue weighted by atomic mass is 35.5. The van der Waals surface area contributed by atoms with E-state index in [1.807, 2.05) is 11.5 Å². The van der Waals surface area contributed by atoms with Crippen molar-refractivity contribution < 1.29 is 19.1 Å². The molecule has 150 valence electrons. The van der Waals surface area contributed by atoms with Gasteiger partial charge in [-0.2, -0.15) is 4.99 Å². The third kappa shape index (κ3) is 4.54. The first-order valence-corrected chi connectivity index (χ1v) is 10.3. The summed E-state index contributed by atoms with van der Waals surface area (Å²) in [6.45, 7) is 5.53. The minimum absolute atomic E-state index is 0.0367. The van der Waals surface area contributed by atoms with E-state index in [4.69, 9.17) is 21.1 Å². The molecule has 0 radical (unpaired) electrons. The predicted molar refractivity (Wildman–Crippen MR) is 108 cm³/mol. The van der Waals surface area contributed by atoms with Gasteiger partial charge in [0.2, 0.25) is 0 Å². The van der Waals surface area contributed by atoms with Crippen molar-refractivity contribution in [3.8, 4) is 5.75 Å². The number of carbonyl (C=O) groups excluding carboxylic acids is 2. The van der Waals surface area contributed by atoms with Crippen molar-refractivity contribution >= 4 is 34.6 Å². The van der Waals surface area contributed by atoms with Gasteiger partial charge in [-0.25, -0.2) is 0 Å². The summed E-state index contributed by atoms with van der Waals surface area (Å²) in [5.41, 5.74) is 1.12. The average Bonchev–Trinajstić information content (AvgIpc) is 2.98. The van der Waals surface area contributed by atoms with Gasteiger partial charge in [-0.05, 0) is 38.0 Å². The van der Waals surface area contributed by atoms with E-state index in [1.165, 1.54) is 31.4 Å². The number of methoxy groups -OCH3 is 1. The fourth-order valence-corrected chi connectivity index (χ4v) is 4.52. The highest BCUT2D eigenvalue weighted by molar-refractivity contribution is 7.11. The number of hydrogen-bond donors (Lipinski definition) is 0. The lowest BCUT2D eigenvalue weighted by Crippen LogP contribution is -2.27. The van der Waals surface area contributed by atoms with Crippen molar-refractivity contribution in [2.45, 2.75) is 33.2 Å². The summed E-state index contributed by atoms with van der Waals surface area (Å²) in [6.07, 6.45) is 2.06. The van der Waals surface area contributed by atoms with Crippen LogP contribution in [-0.2, 0) is 11.3 Å². The van der Waals surface area contributed by atoms with Crippen LogP contribution < -0.4 is 9.54 Å². The lowest BCUT2D eigenvalue weighted by atomic mass is 10.0. The number of ether oxygens (including phenoxy) is 2. The number of carbonyl (C=O) groups is 2. The van der Waals surface area contributed by atoms with Crippen LogP contribution in [0.25, 0.3) is 0 Å². The number of Topliss-reactive ketones (excluding diaryl/α,β-unsaturated/α-hetero) is 1. The Balaban J connectivity index is 2.04. The molecule has 1 fully saturated rings. The van der Waals surface area contributed by atoms with Crippen molar-refractivity contribution in [2.24, 2.45) is 10.9 Å². The van der Waals surface area contributed by atoms with Crippen LogP contribution in [0.4, 0.5) is 0 Å². The van der Waals surface area contributed by atoms with E-state index in [0.717, 1.165) is 25.1 Å². The number of rotatable bonds is 5. The molecular formula is C20H23ClN2O4S. The van der Waals surface area contributed by atoms with E-state index < -0.39 is 5.91 Å². The van der Waals surface area contributed by atoms with Gasteiger partial charge in [-0.3, -0.25) is 9.59 Å². The van der Waals surface area contributed by atoms with E-state index in [0.29, 0.717) is 39.5 Å². The summed E-state index contributed by atoms with van der Waals surface area (Å²) >= 11 is 7.28. The number of thiazole rings is 1. The summed E-state index contributed by atoms with van der Waals surface area (Å²) in [6, 6.07) is 4.83. The lowest BCUT2D eigenvalue weighted by Gasteiger charge is -2.23. The minimum Gasteiger partial charge on any atom is -0.496 e. The fraction of sp³-hybridized carbons (Fsp3) is 0.450. The Bertz CT molecular complexity index is 958. The molecular weight excluding hydrogens is 400 g/mol. The van der Waals surface area contributed by atoms with Crippen molar-refractivity contribution in [3.63, 3.8) is 0 Å². The molecule has 6 nitrogen and oxygen atoms in total. The third-order valence-corrected chi connectivity index (χ3v) is 6.28. The molecule has 8 heteroatoms. The summed E-state index contributed by atoms with van der Waals surface area (Å²) in [7, 11) is 1.49. The average molecular weight is 423 g/mol. The molecule has 0 spiro atoms. The molecule has 1 amide bonds. The second kappa shape index (κ2) is 9.03. The molecule has 0 bridgehead atoms. The Morgan fingerprint density at radius 1 is 1.43 bits per heavy atom. The molecule has 0 saturated carbocycles. The molecule has 1 aromatic heterocycles. The van der Waals surface area contributed by atoms with Gasteiger partial charge in [0, 0.05) is 36.7 Å². The fourth-order valence-electron chi connectivity index (χ4n) is 3.32. The van der Waals surface area contributed by atoms with Crippen LogP contribution in [0.1, 0.15) is 45.5 Å². The molecule has 1 unspecified atom stereocenters. The van der Waals surface area contributed by atoms with Gasteiger partial charge in [0.05, 0.1) is 24.2 Å². The molecule has 3 rings (SSSR count). The largest absolute Gasteiger partial charge is 0.496 e. The van der Waals surface area contributed by atoms with Crippen LogP contribution in [-0.4, -0.2) is 36.6 Å². The van der Waals surface area contributed by atoms with Gasteiger partial charge < -0.3 is 14.0 Å². The Morgan fingerprint density at radius 3 is 2.86 bits per heavy atom. The van der Waals surface area contributed by atoms with Crippen LogP contribution in [0.3, 0.4) is 0 Å². The SMILES string of the molecule is COc1ccc(Cl)cc1C(=O)N=c1sc(C(C)=O)c(C)n1CC1CCCOC1. The second-order valence-electron chi connectivity index (χ2n) is 6.81. The Labute approximate surface area is 172 Å². The number of amides is 1.